The van der Waals surface area contributed by atoms with E-state index in [1.165, 1.54) is 22.5 Å². The van der Waals surface area contributed by atoms with E-state index in [2.05, 4.69) is 11.9 Å². The average molecular weight is 314 g/mol. The normalized spacial score (nSPS) is 12.1. The summed E-state index contributed by atoms with van der Waals surface area (Å²) in [5.41, 5.74) is 0.715. The lowest BCUT2D eigenvalue weighted by molar-refractivity contribution is 0.453. The summed E-state index contributed by atoms with van der Waals surface area (Å²) in [6.45, 7) is 10.1. The van der Waals surface area contributed by atoms with Crippen LogP contribution in [0, 0.1) is 5.82 Å². The Morgan fingerprint density at radius 2 is 2.10 bits per heavy atom. The third-order valence-electron chi connectivity index (χ3n) is 3.01. The van der Waals surface area contributed by atoms with Crippen LogP contribution in [0.25, 0.3) is 0 Å². The van der Waals surface area contributed by atoms with Gasteiger partial charge in [-0.15, -0.1) is 6.58 Å². The largest absolute Gasteiger partial charge is 0.310 e. The van der Waals surface area contributed by atoms with Crippen LogP contribution >= 0.6 is 0 Å². The lowest BCUT2D eigenvalue weighted by atomic mass is 10.2. The van der Waals surface area contributed by atoms with E-state index in [-0.39, 0.29) is 24.0 Å². The number of halogens is 1. The van der Waals surface area contributed by atoms with Crippen molar-refractivity contribution in [2.45, 2.75) is 38.3 Å². The lowest BCUT2D eigenvalue weighted by Crippen LogP contribution is -2.31. The molecule has 21 heavy (non-hydrogen) atoms. The molecule has 6 heteroatoms. The molecule has 0 spiro atoms. The zero-order chi connectivity index (χ0) is 16.0. The second-order valence-corrected chi connectivity index (χ2v) is 6.95. The van der Waals surface area contributed by atoms with Gasteiger partial charge < -0.3 is 5.32 Å². The molecule has 118 valence electrons. The Morgan fingerprint density at radius 3 is 2.57 bits per heavy atom. The molecule has 1 aromatic rings. The Bertz CT molecular complexity index is 585. The van der Waals surface area contributed by atoms with Crippen molar-refractivity contribution in [1.29, 1.82) is 0 Å². The number of benzene rings is 1. The molecule has 0 aliphatic heterocycles. The van der Waals surface area contributed by atoms with Gasteiger partial charge in [0.05, 0.1) is 0 Å². The van der Waals surface area contributed by atoms with Gasteiger partial charge in [-0.2, -0.15) is 4.31 Å². The molecular weight excluding hydrogens is 291 g/mol. The first-order chi connectivity index (χ1) is 9.82. The SMILES string of the molecule is C=CCN(CC)S(=O)(=O)c1ccc(CNC(C)C)cc1F. The van der Waals surface area contributed by atoms with E-state index >= 15 is 0 Å². The number of hydrogen-bond donors (Lipinski definition) is 1. The van der Waals surface area contributed by atoms with Crippen LogP contribution in [0.3, 0.4) is 0 Å². The molecular formula is C15H23FN2O2S. The molecule has 0 saturated carbocycles. The maximum atomic E-state index is 14.1. The Balaban J connectivity index is 3.05. The summed E-state index contributed by atoms with van der Waals surface area (Å²) in [5.74, 6) is -0.722. The third kappa shape index (κ3) is 4.62. The van der Waals surface area contributed by atoms with Crippen LogP contribution < -0.4 is 5.32 Å². The summed E-state index contributed by atoms with van der Waals surface area (Å²) in [6, 6.07) is 4.50. The van der Waals surface area contributed by atoms with Crippen molar-refractivity contribution < 1.29 is 12.8 Å². The molecule has 0 aromatic heterocycles. The molecule has 0 heterocycles. The predicted octanol–water partition coefficient (Wildman–Crippen LogP) is 2.52. The number of nitrogens with zero attached hydrogens (tertiary/aromatic N) is 1. The van der Waals surface area contributed by atoms with Gasteiger partial charge in [0, 0.05) is 25.7 Å². The van der Waals surface area contributed by atoms with Gasteiger partial charge in [-0.1, -0.05) is 32.9 Å². The Morgan fingerprint density at radius 1 is 1.43 bits per heavy atom. The highest BCUT2D eigenvalue weighted by molar-refractivity contribution is 7.89. The Kier molecular flexibility index (Phi) is 6.51. The monoisotopic (exact) mass is 314 g/mol. The van der Waals surface area contributed by atoms with Gasteiger partial charge in [0.25, 0.3) is 0 Å². The van der Waals surface area contributed by atoms with Crippen LogP contribution in [-0.4, -0.2) is 31.9 Å². The fourth-order valence-corrected chi connectivity index (χ4v) is 3.33. The molecule has 0 radical (unpaired) electrons. The molecule has 0 atom stereocenters. The van der Waals surface area contributed by atoms with Gasteiger partial charge >= 0.3 is 0 Å². The molecule has 1 N–H and O–H groups in total. The average Bonchev–Trinajstić information content (AvgIpc) is 2.42. The molecule has 1 rings (SSSR count). The molecule has 0 unspecified atom stereocenters. The lowest BCUT2D eigenvalue weighted by Gasteiger charge is -2.19. The van der Waals surface area contributed by atoms with Gasteiger partial charge in [0.15, 0.2) is 0 Å². The topological polar surface area (TPSA) is 49.4 Å². The van der Waals surface area contributed by atoms with Crippen molar-refractivity contribution in [3.8, 4) is 0 Å². The highest BCUT2D eigenvalue weighted by Crippen LogP contribution is 2.20. The van der Waals surface area contributed by atoms with Gasteiger partial charge in [0.1, 0.15) is 10.7 Å². The smallest absolute Gasteiger partial charge is 0.246 e. The Hall–Kier alpha value is -1.24. The first kappa shape index (κ1) is 17.8. The fraction of sp³-hybridized carbons (Fsp3) is 0.467. The zero-order valence-corrected chi connectivity index (χ0v) is 13.6. The van der Waals surface area contributed by atoms with Crippen molar-refractivity contribution in [3.05, 3.63) is 42.2 Å². The summed E-state index contributed by atoms with van der Waals surface area (Å²) in [4.78, 5) is -0.292. The minimum atomic E-state index is -3.83. The number of hydrogen-bond acceptors (Lipinski definition) is 3. The fourth-order valence-electron chi connectivity index (χ4n) is 1.87. The van der Waals surface area contributed by atoms with Gasteiger partial charge in [-0.25, -0.2) is 12.8 Å². The number of likely N-dealkylation sites (N-methyl/N-ethyl adjacent to an activating group) is 1. The summed E-state index contributed by atoms with van der Waals surface area (Å²) in [7, 11) is -3.83. The van der Waals surface area contributed by atoms with Crippen molar-refractivity contribution >= 4 is 10.0 Å². The summed E-state index contributed by atoms with van der Waals surface area (Å²) in [6.07, 6.45) is 1.49. The highest BCUT2D eigenvalue weighted by Gasteiger charge is 2.25. The summed E-state index contributed by atoms with van der Waals surface area (Å²) in [5, 5.41) is 3.16. The maximum Gasteiger partial charge on any atom is 0.246 e. The highest BCUT2D eigenvalue weighted by atomic mass is 32.2. The zero-order valence-electron chi connectivity index (χ0n) is 12.8. The molecule has 0 saturated heterocycles. The van der Waals surface area contributed by atoms with Gasteiger partial charge in [-0.3, -0.25) is 0 Å². The second-order valence-electron chi connectivity index (χ2n) is 5.04. The number of sulfonamides is 1. The molecule has 1 aromatic carbocycles. The molecule has 0 fully saturated rings. The van der Waals surface area contributed by atoms with E-state index in [0.29, 0.717) is 12.1 Å². The van der Waals surface area contributed by atoms with E-state index in [4.69, 9.17) is 0 Å². The van der Waals surface area contributed by atoms with Crippen LogP contribution in [0.5, 0.6) is 0 Å². The number of nitrogens with one attached hydrogen (secondary N) is 1. The van der Waals surface area contributed by atoms with E-state index < -0.39 is 15.8 Å². The summed E-state index contributed by atoms with van der Waals surface area (Å²) < 4.78 is 40.1. The van der Waals surface area contributed by atoms with Crippen molar-refractivity contribution in [1.82, 2.24) is 9.62 Å². The number of rotatable bonds is 8. The van der Waals surface area contributed by atoms with Gasteiger partial charge in [-0.05, 0) is 17.7 Å². The molecule has 0 aliphatic rings. The maximum absolute atomic E-state index is 14.1. The van der Waals surface area contributed by atoms with Crippen LogP contribution in [0.1, 0.15) is 26.3 Å². The van der Waals surface area contributed by atoms with E-state index in [9.17, 15) is 12.8 Å². The summed E-state index contributed by atoms with van der Waals surface area (Å²) >= 11 is 0. The van der Waals surface area contributed by atoms with Crippen LogP contribution in [0.4, 0.5) is 4.39 Å². The Labute approximate surface area is 126 Å². The van der Waals surface area contributed by atoms with Crippen LogP contribution in [0.15, 0.2) is 35.7 Å². The minimum Gasteiger partial charge on any atom is -0.310 e. The first-order valence-electron chi connectivity index (χ1n) is 6.95. The second kappa shape index (κ2) is 7.68. The predicted molar refractivity (Wildman–Crippen MR) is 83.0 cm³/mol. The van der Waals surface area contributed by atoms with E-state index in [1.54, 1.807) is 13.0 Å². The molecule has 0 bridgehead atoms. The molecule has 0 amide bonds. The van der Waals surface area contributed by atoms with Crippen molar-refractivity contribution in [3.63, 3.8) is 0 Å². The van der Waals surface area contributed by atoms with Gasteiger partial charge in [0.2, 0.25) is 10.0 Å². The van der Waals surface area contributed by atoms with E-state index in [1.807, 2.05) is 13.8 Å². The molecule has 4 nitrogen and oxygen atoms in total. The first-order valence-corrected chi connectivity index (χ1v) is 8.39. The van der Waals surface area contributed by atoms with Crippen LogP contribution in [-0.2, 0) is 16.6 Å². The quantitative estimate of drug-likeness (QED) is 0.750. The third-order valence-corrected chi connectivity index (χ3v) is 4.99. The van der Waals surface area contributed by atoms with Crippen molar-refractivity contribution in [2.75, 3.05) is 13.1 Å². The standard InChI is InChI=1S/C15H23FN2O2S/c1-5-9-18(6-2)21(19,20)15-8-7-13(10-14(15)16)11-17-12(3)4/h5,7-8,10,12,17H,1,6,9,11H2,2-4H3. The minimum absolute atomic E-state index is 0.162. The molecule has 0 aliphatic carbocycles. The van der Waals surface area contributed by atoms with E-state index in [0.717, 1.165) is 0 Å². The van der Waals surface area contributed by atoms with Crippen LogP contribution in [0.2, 0.25) is 0 Å². The van der Waals surface area contributed by atoms with Crippen molar-refractivity contribution in [2.24, 2.45) is 0 Å².